The molecule has 1 fully saturated rings. The highest BCUT2D eigenvalue weighted by atomic mass is 32.2. The summed E-state index contributed by atoms with van der Waals surface area (Å²) in [5.41, 5.74) is 0. The molecule has 0 saturated carbocycles. The third-order valence-corrected chi connectivity index (χ3v) is 3.79. The maximum absolute atomic E-state index is 11.6. The Hall–Kier alpha value is -0.680. The van der Waals surface area contributed by atoms with Crippen molar-refractivity contribution in [1.29, 1.82) is 5.26 Å². The van der Waals surface area contributed by atoms with Crippen LogP contribution in [0.2, 0.25) is 0 Å². The van der Waals surface area contributed by atoms with Gasteiger partial charge >= 0.3 is 0 Å². The average molecular weight is 233 g/mol. The van der Waals surface area contributed by atoms with E-state index < -0.39 is 15.8 Å². The van der Waals surface area contributed by atoms with Crippen LogP contribution in [0.4, 0.5) is 0 Å². The van der Waals surface area contributed by atoms with Crippen molar-refractivity contribution < 1.29 is 13.2 Å². The summed E-state index contributed by atoms with van der Waals surface area (Å²) in [6.07, 6.45) is -0.128. The Labute approximate surface area is 89.9 Å². The van der Waals surface area contributed by atoms with E-state index in [0.717, 1.165) is 0 Å². The molecule has 1 aliphatic heterocycles. The second-order valence-electron chi connectivity index (χ2n) is 3.32. The number of rotatable bonds is 4. The second kappa shape index (κ2) is 5.42. The van der Waals surface area contributed by atoms with Crippen molar-refractivity contribution in [3.63, 3.8) is 0 Å². The van der Waals surface area contributed by atoms with Crippen molar-refractivity contribution in [2.45, 2.75) is 6.10 Å². The van der Waals surface area contributed by atoms with Crippen molar-refractivity contribution >= 4 is 10.0 Å². The number of likely N-dealkylation sites (N-methyl/N-ethyl adjacent to an activating group) is 1. The van der Waals surface area contributed by atoms with Crippen LogP contribution in [-0.4, -0.2) is 57.9 Å². The predicted molar refractivity (Wildman–Crippen MR) is 54.6 cm³/mol. The molecule has 0 spiro atoms. The largest absolute Gasteiger partial charge is 0.374 e. The van der Waals surface area contributed by atoms with Gasteiger partial charge in [-0.25, -0.2) is 8.42 Å². The molecule has 1 atom stereocenters. The lowest BCUT2D eigenvalue weighted by Gasteiger charge is -2.31. The van der Waals surface area contributed by atoms with Gasteiger partial charge in [-0.2, -0.15) is 9.57 Å². The van der Waals surface area contributed by atoms with Gasteiger partial charge in [0, 0.05) is 19.6 Å². The third kappa shape index (κ3) is 3.43. The number of nitrogens with zero attached hydrogens (tertiary/aromatic N) is 2. The van der Waals surface area contributed by atoms with Crippen LogP contribution in [0.1, 0.15) is 0 Å². The third-order valence-electron chi connectivity index (χ3n) is 2.17. The van der Waals surface area contributed by atoms with Crippen LogP contribution in [0.25, 0.3) is 0 Å². The molecule has 0 aliphatic carbocycles. The van der Waals surface area contributed by atoms with Gasteiger partial charge in [-0.3, -0.25) is 0 Å². The summed E-state index contributed by atoms with van der Waals surface area (Å²) in [7, 11) is -1.64. The molecular weight excluding hydrogens is 218 g/mol. The molecule has 1 N–H and O–H groups in total. The Bertz CT molecular complexity index is 334. The zero-order valence-electron chi connectivity index (χ0n) is 8.64. The minimum atomic E-state index is -3.42. The maximum atomic E-state index is 11.6. The molecule has 1 unspecified atom stereocenters. The first kappa shape index (κ1) is 12.4. The van der Waals surface area contributed by atoms with Crippen molar-refractivity contribution in [3.05, 3.63) is 0 Å². The monoisotopic (exact) mass is 233 g/mol. The molecule has 1 rings (SSSR count). The highest BCUT2D eigenvalue weighted by molar-refractivity contribution is 7.89. The Balaban J connectivity index is 2.60. The minimum Gasteiger partial charge on any atom is -0.374 e. The molecule has 6 nitrogen and oxygen atoms in total. The summed E-state index contributed by atoms with van der Waals surface area (Å²) in [6, 6.07) is 1.67. The Morgan fingerprint density at radius 3 is 3.00 bits per heavy atom. The SMILES string of the molecule is CNCC1CN(S(=O)(=O)CC#N)CCO1. The number of nitriles is 1. The zero-order valence-corrected chi connectivity index (χ0v) is 9.46. The fraction of sp³-hybridized carbons (Fsp3) is 0.875. The summed E-state index contributed by atoms with van der Waals surface area (Å²) in [6.45, 7) is 1.66. The van der Waals surface area contributed by atoms with Gasteiger partial charge in [-0.1, -0.05) is 0 Å². The summed E-state index contributed by atoms with van der Waals surface area (Å²) < 4.78 is 29.8. The van der Waals surface area contributed by atoms with Crippen molar-refractivity contribution in [2.75, 3.05) is 39.0 Å². The molecule has 0 aromatic carbocycles. The van der Waals surface area contributed by atoms with E-state index in [2.05, 4.69) is 5.32 Å². The van der Waals surface area contributed by atoms with Gasteiger partial charge < -0.3 is 10.1 Å². The lowest BCUT2D eigenvalue weighted by Crippen LogP contribution is -2.49. The standard InChI is InChI=1S/C8H15N3O3S/c1-10-6-8-7-11(3-4-14-8)15(12,13)5-2-9/h8,10H,3-7H2,1H3. The van der Waals surface area contributed by atoms with Gasteiger partial charge in [0.15, 0.2) is 5.75 Å². The first-order chi connectivity index (χ1) is 7.10. The Morgan fingerprint density at radius 2 is 2.40 bits per heavy atom. The smallest absolute Gasteiger partial charge is 0.227 e. The summed E-state index contributed by atoms with van der Waals surface area (Å²) in [5.74, 6) is -0.459. The summed E-state index contributed by atoms with van der Waals surface area (Å²) in [5, 5.41) is 11.3. The summed E-state index contributed by atoms with van der Waals surface area (Å²) >= 11 is 0. The van der Waals surface area contributed by atoms with Crippen LogP contribution in [0, 0.1) is 11.3 Å². The van der Waals surface area contributed by atoms with E-state index in [-0.39, 0.29) is 6.10 Å². The lowest BCUT2D eigenvalue weighted by molar-refractivity contribution is 0.000932. The molecule has 1 aliphatic rings. The molecule has 7 heteroatoms. The Kier molecular flexibility index (Phi) is 4.47. The van der Waals surface area contributed by atoms with E-state index in [9.17, 15) is 8.42 Å². The van der Waals surface area contributed by atoms with Gasteiger partial charge in [0.2, 0.25) is 10.0 Å². The first-order valence-corrected chi connectivity index (χ1v) is 6.32. The quantitative estimate of drug-likeness (QED) is 0.656. The highest BCUT2D eigenvalue weighted by Crippen LogP contribution is 2.09. The molecular formula is C8H15N3O3S. The first-order valence-electron chi connectivity index (χ1n) is 4.71. The molecule has 0 aromatic heterocycles. The number of ether oxygens (including phenoxy) is 1. The lowest BCUT2D eigenvalue weighted by atomic mass is 10.3. The predicted octanol–water partition coefficient (Wildman–Crippen LogP) is -1.24. The number of hydrogen-bond acceptors (Lipinski definition) is 5. The normalized spacial score (nSPS) is 23.6. The van der Waals surface area contributed by atoms with Gasteiger partial charge in [0.1, 0.15) is 0 Å². The van der Waals surface area contributed by atoms with Crippen molar-refractivity contribution in [3.8, 4) is 6.07 Å². The molecule has 0 aromatic rings. The molecule has 1 heterocycles. The van der Waals surface area contributed by atoms with Crippen molar-refractivity contribution in [1.82, 2.24) is 9.62 Å². The summed E-state index contributed by atoms with van der Waals surface area (Å²) in [4.78, 5) is 0. The van der Waals surface area contributed by atoms with E-state index in [1.54, 1.807) is 13.1 Å². The molecule has 0 amide bonds. The number of morpholine rings is 1. The molecule has 86 valence electrons. The molecule has 15 heavy (non-hydrogen) atoms. The van der Waals surface area contributed by atoms with Gasteiger partial charge in [-0.05, 0) is 7.05 Å². The van der Waals surface area contributed by atoms with Crippen LogP contribution in [-0.2, 0) is 14.8 Å². The van der Waals surface area contributed by atoms with Crippen LogP contribution in [0.3, 0.4) is 0 Å². The van der Waals surface area contributed by atoms with Gasteiger partial charge in [0.05, 0.1) is 18.8 Å². The topological polar surface area (TPSA) is 82.4 Å². The number of hydrogen-bond donors (Lipinski definition) is 1. The number of sulfonamides is 1. The van der Waals surface area contributed by atoms with Crippen molar-refractivity contribution in [2.24, 2.45) is 0 Å². The van der Waals surface area contributed by atoms with Crippen LogP contribution in [0.15, 0.2) is 0 Å². The fourth-order valence-corrected chi connectivity index (χ4v) is 2.56. The minimum absolute atomic E-state index is 0.128. The highest BCUT2D eigenvalue weighted by Gasteiger charge is 2.28. The fourth-order valence-electron chi connectivity index (χ4n) is 1.47. The van der Waals surface area contributed by atoms with E-state index in [1.165, 1.54) is 4.31 Å². The Morgan fingerprint density at radius 1 is 1.67 bits per heavy atom. The average Bonchev–Trinajstić information content (AvgIpc) is 2.19. The van der Waals surface area contributed by atoms with E-state index in [0.29, 0.717) is 26.2 Å². The molecule has 0 bridgehead atoms. The zero-order chi connectivity index (χ0) is 11.3. The van der Waals surface area contributed by atoms with Gasteiger partial charge in [-0.15, -0.1) is 0 Å². The molecule has 0 radical (unpaired) electrons. The maximum Gasteiger partial charge on any atom is 0.227 e. The van der Waals surface area contributed by atoms with E-state index in [1.807, 2.05) is 0 Å². The van der Waals surface area contributed by atoms with Gasteiger partial charge in [0.25, 0.3) is 0 Å². The van der Waals surface area contributed by atoms with E-state index in [4.69, 9.17) is 10.00 Å². The van der Waals surface area contributed by atoms with Crippen LogP contribution in [0.5, 0.6) is 0 Å². The van der Waals surface area contributed by atoms with Crippen LogP contribution >= 0.6 is 0 Å². The molecule has 1 saturated heterocycles. The van der Waals surface area contributed by atoms with Crippen LogP contribution < -0.4 is 5.32 Å². The second-order valence-corrected chi connectivity index (χ2v) is 5.29. The number of nitrogens with one attached hydrogen (secondary N) is 1. The van der Waals surface area contributed by atoms with E-state index >= 15 is 0 Å².